The van der Waals surface area contributed by atoms with Crippen molar-refractivity contribution in [2.75, 3.05) is 41.5 Å². The van der Waals surface area contributed by atoms with E-state index in [1.54, 1.807) is 7.05 Å². The monoisotopic (exact) mass is 577 g/mol. The molecule has 0 bridgehead atoms. The van der Waals surface area contributed by atoms with Crippen molar-refractivity contribution in [2.45, 2.75) is 44.7 Å². The number of carbonyl (C=O) groups is 7. The van der Waals surface area contributed by atoms with Gasteiger partial charge in [-0.2, -0.15) is 0 Å². The zero-order valence-electron chi connectivity index (χ0n) is 23.6. The van der Waals surface area contributed by atoms with Crippen LogP contribution in [-0.4, -0.2) is 111 Å². The van der Waals surface area contributed by atoms with Gasteiger partial charge in [0.2, 0.25) is 11.7 Å². The van der Waals surface area contributed by atoms with Crippen LogP contribution in [0.3, 0.4) is 0 Å². The standard InChI is InChI=1S/C20H24N4O8.C6H11NO2/c1-30-14-9-12(10-15(31-2)18(14)32-3)17(27)19(28)21-22-8-6-16(26)23-7-4-5-13(11-25)24(23)20(22)29;1-5(9)3-6(4-8)7-2/h9-11,13H,4-8H2,1-3H3,(H,21,28);4,6-7H,3H2,1-2H3/t13-;6-/m00/s1. The number of nitrogens with one attached hydrogen (secondary N) is 2. The molecule has 15 heteroatoms. The van der Waals surface area contributed by atoms with Gasteiger partial charge in [0, 0.05) is 24.9 Å². The van der Waals surface area contributed by atoms with Crippen molar-refractivity contribution in [3.8, 4) is 17.2 Å². The molecule has 3 rings (SSSR count). The van der Waals surface area contributed by atoms with Crippen LogP contribution in [0.15, 0.2) is 12.1 Å². The molecule has 0 saturated carbocycles. The van der Waals surface area contributed by atoms with E-state index in [1.165, 1.54) is 45.4 Å². The van der Waals surface area contributed by atoms with Gasteiger partial charge in [0.05, 0.1) is 33.9 Å². The highest BCUT2D eigenvalue weighted by Crippen LogP contribution is 2.38. The Balaban J connectivity index is 0.000000564. The third-order valence-electron chi connectivity index (χ3n) is 6.28. The van der Waals surface area contributed by atoms with Crippen LogP contribution < -0.4 is 25.0 Å². The van der Waals surface area contributed by atoms with Crippen molar-refractivity contribution < 1.29 is 47.8 Å². The topological polar surface area (TPSA) is 181 Å². The first-order valence-electron chi connectivity index (χ1n) is 12.7. The van der Waals surface area contributed by atoms with E-state index < -0.39 is 23.8 Å². The minimum atomic E-state index is -1.10. The highest BCUT2D eigenvalue weighted by molar-refractivity contribution is 6.43. The number of hydrogen-bond acceptors (Lipinski definition) is 11. The molecule has 2 aliphatic heterocycles. The summed E-state index contributed by atoms with van der Waals surface area (Å²) in [6, 6.07) is 0.724. The smallest absolute Gasteiger partial charge is 0.358 e. The quantitative estimate of drug-likeness (QED) is 0.204. The second-order valence-corrected chi connectivity index (χ2v) is 9.01. The summed E-state index contributed by atoms with van der Waals surface area (Å²) in [4.78, 5) is 82.7. The first-order chi connectivity index (χ1) is 19.6. The lowest BCUT2D eigenvalue weighted by Crippen LogP contribution is -2.61. The van der Waals surface area contributed by atoms with E-state index in [4.69, 9.17) is 14.2 Å². The number of hydrogen-bond donors (Lipinski definition) is 2. The van der Waals surface area contributed by atoms with Gasteiger partial charge < -0.3 is 29.1 Å². The molecular formula is C26H35N5O10. The fraction of sp³-hybridized carbons (Fsp3) is 0.500. The van der Waals surface area contributed by atoms with Gasteiger partial charge in [-0.15, -0.1) is 0 Å². The molecule has 0 unspecified atom stereocenters. The highest BCUT2D eigenvalue weighted by atomic mass is 16.5. The maximum absolute atomic E-state index is 13.0. The van der Waals surface area contributed by atoms with Gasteiger partial charge in [-0.05, 0) is 38.9 Å². The summed E-state index contributed by atoms with van der Waals surface area (Å²) in [5.74, 6) is -1.78. The Labute approximate surface area is 237 Å². The number of Topliss-reactive ketones (excluding diaryl/α,β-unsaturated/α-hetero) is 2. The third kappa shape index (κ3) is 8.00. The number of hydrazine groups is 2. The number of urea groups is 1. The van der Waals surface area contributed by atoms with Gasteiger partial charge in [-0.3, -0.25) is 24.6 Å². The molecule has 4 amide bonds. The molecule has 0 aliphatic carbocycles. The molecule has 2 heterocycles. The van der Waals surface area contributed by atoms with E-state index >= 15 is 0 Å². The third-order valence-corrected chi connectivity index (χ3v) is 6.28. The first-order valence-corrected chi connectivity index (χ1v) is 12.7. The molecule has 0 radical (unpaired) electrons. The molecule has 224 valence electrons. The Bertz CT molecular complexity index is 1150. The fourth-order valence-corrected chi connectivity index (χ4v) is 4.18. The van der Waals surface area contributed by atoms with E-state index in [2.05, 4.69) is 10.7 Å². The summed E-state index contributed by atoms with van der Waals surface area (Å²) >= 11 is 0. The molecular weight excluding hydrogens is 542 g/mol. The zero-order valence-corrected chi connectivity index (χ0v) is 23.6. The summed E-state index contributed by atoms with van der Waals surface area (Å²) in [5, 5.41) is 5.83. The first kappa shape index (κ1) is 32.7. The number of ketones is 2. The lowest BCUT2D eigenvalue weighted by molar-refractivity contribution is -0.151. The predicted molar refractivity (Wildman–Crippen MR) is 142 cm³/mol. The maximum atomic E-state index is 13.0. The lowest BCUT2D eigenvalue weighted by Gasteiger charge is -2.41. The number of methoxy groups -OCH3 is 3. The normalized spacial score (nSPS) is 17.2. The molecule has 2 fully saturated rings. The Morgan fingerprint density at radius 1 is 1.05 bits per heavy atom. The summed E-state index contributed by atoms with van der Waals surface area (Å²) in [6.45, 7) is 1.61. The molecule has 0 aromatic heterocycles. The average Bonchev–Trinajstić information content (AvgIpc) is 3.10. The molecule has 2 N–H and O–H groups in total. The average molecular weight is 578 g/mol. The fourth-order valence-electron chi connectivity index (χ4n) is 4.18. The van der Waals surface area contributed by atoms with Crippen LogP contribution >= 0.6 is 0 Å². The largest absolute Gasteiger partial charge is 0.493 e. The number of fused-ring (bicyclic) bond motifs is 1. The molecule has 2 saturated heterocycles. The molecule has 1 aromatic carbocycles. The van der Waals surface area contributed by atoms with Gasteiger partial charge in [-0.25, -0.2) is 19.8 Å². The van der Waals surface area contributed by atoms with Gasteiger partial charge in [-0.1, -0.05) is 0 Å². The molecule has 41 heavy (non-hydrogen) atoms. The van der Waals surface area contributed by atoms with Crippen molar-refractivity contribution in [2.24, 2.45) is 0 Å². The van der Waals surface area contributed by atoms with Crippen molar-refractivity contribution in [3.63, 3.8) is 0 Å². The van der Waals surface area contributed by atoms with Crippen LogP contribution in [0.25, 0.3) is 0 Å². The molecule has 1 aromatic rings. The van der Waals surface area contributed by atoms with E-state index in [0.29, 0.717) is 32.1 Å². The number of carbonyl (C=O) groups excluding carboxylic acids is 7. The number of nitrogens with zero attached hydrogens (tertiary/aromatic N) is 3. The summed E-state index contributed by atoms with van der Waals surface area (Å²) in [7, 11) is 5.79. The zero-order chi connectivity index (χ0) is 30.7. The van der Waals surface area contributed by atoms with E-state index in [9.17, 15) is 33.6 Å². The Kier molecular flexibility index (Phi) is 12.2. The van der Waals surface area contributed by atoms with Gasteiger partial charge in [0.15, 0.2) is 11.5 Å². The van der Waals surface area contributed by atoms with Crippen LogP contribution in [0.2, 0.25) is 0 Å². The van der Waals surface area contributed by atoms with Crippen LogP contribution in [0.1, 0.15) is 43.0 Å². The van der Waals surface area contributed by atoms with Crippen molar-refractivity contribution in [3.05, 3.63) is 17.7 Å². The number of rotatable bonds is 11. The van der Waals surface area contributed by atoms with Crippen LogP contribution in [0.5, 0.6) is 17.2 Å². The van der Waals surface area contributed by atoms with Gasteiger partial charge >= 0.3 is 11.9 Å². The number of ether oxygens (including phenoxy) is 3. The second-order valence-electron chi connectivity index (χ2n) is 9.01. The van der Waals surface area contributed by atoms with E-state index in [-0.39, 0.29) is 53.5 Å². The maximum Gasteiger partial charge on any atom is 0.358 e. The van der Waals surface area contributed by atoms with Gasteiger partial charge in [0.25, 0.3) is 5.78 Å². The number of aldehydes is 2. The second kappa shape index (κ2) is 15.3. The van der Waals surface area contributed by atoms with Crippen molar-refractivity contribution in [1.29, 1.82) is 0 Å². The van der Waals surface area contributed by atoms with Crippen molar-refractivity contribution >= 4 is 42.0 Å². The van der Waals surface area contributed by atoms with Crippen LogP contribution in [-0.2, 0) is 24.0 Å². The lowest BCUT2D eigenvalue weighted by atomic mass is 10.1. The summed E-state index contributed by atoms with van der Waals surface area (Å²) < 4.78 is 15.6. The van der Waals surface area contributed by atoms with Crippen molar-refractivity contribution in [1.82, 2.24) is 25.8 Å². The molecule has 2 atom stereocenters. The predicted octanol–water partition coefficient (Wildman–Crippen LogP) is -0.0887. The Morgan fingerprint density at radius 2 is 1.68 bits per heavy atom. The molecule has 0 spiro atoms. The highest BCUT2D eigenvalue weighted by Gasteiger charge is 2.41. The number of amides is 4. The van der Waals surface area contributed by atoms with Crippen LogP contribution in [0.4, 0.5) is 4.79 Å². The van der Waals surface area contributed by atoms with Crippen LogP contribution in [0, 0.1) is 0 Å². The van der Waals surface area contributed by atoms with Gasteiger partial charge in [0.1, 0.15) is 24.4 Å². The SMILES string of the molecule is CN[C@H](C=O)CC(C)=O.COc1cc(C(=O)C(=O)NN2CCC(=O)N3CCC[C@@H](C=O)N3C2=O)cc(OC)c1OC. The summed E-state index contributed by atoms with van der Waals surface area (Å²) in [5.41, 5.74) is 2.20. The number of likely N-dealkylation sites (N-methyl/N-ethyl adjacent to an activating group) is 1. The Hall–Kier alpha value is -4.53. The minimum Gasteiger partial charge on any atom is -0.493 e. The summed E-state index contributed by atoms with van der Waals surface area (Å²) in [6.07, 6.45) is 2.51. The number of benzene rings is 1. The van der Waals surface area contributed by atoms with E-state index in [1.807, 2.05) is 0 Å². The van der Waals surface area contributed by atoms with E-state index in [0.717, 1.165) is 16.3 Å². The molecule has 2 aliphatic rings. The molecule has 15 nitrogen and oxygen atoms in total. The Morgan fingerprint density at radius 3 is 2.15 bits per heavy atom. The minimum absolute atomic E-state index is 0.0291.